The van der Waals surface area contributed by atoms with Gasteiger partial charge in [-0.1, -0.05) is 13.3 Å². The highest BCUT2D eigenvalue weighted by molar-refractivity contribution is 5.97. The molecule has 2 fully saturated rings. The largest absolute Gasteiger partial charge is 0.370 e. The van der Waals surface area contributed by atoms with Crippen LogP contribution >= 0.6 is 0 Å². The number of morpholine rings is 1. The SMILES string of the molecule is CCN(C1CCC1)[C@@H](CN)C(=O)Nc1ccc(N2CCOCC2=O)cc1. The van der Waals surface area contributed by atoms with Gasteiger partial charge in [-0.2, -0.15) is 0 Å². The first-order valence-electron chi connectivity index (χ1n) is 9.39. The van der Waals surface area contributed by atoms with Crippen LogP contribution in [0.1, 0.15) is 26.2 Å². The quantitative estimate of drug-likeness (QED) is 0.763. The lowest BCUT2D eigenvalue weighted by molar-refractivity contribution is -0.125. The highest BCUT2D eigenvalue weighted by Gasteiger charge is 2.32. The van der Waals surface area contributed by atoms with E-state index >= 15 is 0 Å². The first-order chi connectivity index (χ1) is 12.6. The monoisotopic (exact) mass is 360 g/mol. The maximum Gasteiger partial charge on any atom is 0.253 e. The van der Waals surface area contributed by atoms with E-state index in [2.05, 4.69) is 17.1 Å². The van der Waals surface area contributed by atoms with Gasteiger partial charge in [-0.3, -0.25) is 14.5 Å². The molecule has 1 saturated carbocycles. The van der Waals surface area contributed by atoms with Crippen LogP contribution in [0.15, 0.2) is 24.3 Å². The molecule has 0 unspecified atom stereocenters. The molecule has 1 aromatic rings. The molecule has 0 bridgehead atoms. The molecule has 0 radical (unpaired) electrons. The number of anilines is 2. The summed E-state index contributed by atoms with van der Waals surface area (Å²) in [5, 5.41) is 2.96. The van der Waals surface area contributed by atoms with Crippen molar-refractivity contribution < 1.29 is 14.3 Å². The predicted octanol–water partition coefficient (Wildman–Crippen LogP) is 1.19. The number of nitrogens with two attached hydrogens (primary N) is 1. The van der Waals surface area contributed by atoms with Gasteiger partial charge in [0.05, 0.1) is 6.61 Å². The molecule has 1 aromatic carbocycles. The van der Waals surface area contributed by atoms with E-state index < -0.39 is 0 Å². The van der Waals surface area contributed by atoms with E-state index in [1.165, 1.54) is 6.42 Å². The lowest BCUT2D eigenvalue weighted by atomic mass is 9.90. The maximum absolute atomic E-state index is 12.7. The normalized spacial score (nSPS) is 19.3. The number of amides is 2. The van der Waals surface area contributed by atoms with Gasteiger partial charge in [-0.05, 0) is 43.7 Å². The molecule has 0 spiro atoms. The van der Waals surface area contributed by atoms with Gasteiger partial charge in [-0.15, -0.1) is 0 Å². The Morgan fingerprint density at radius 3 is 2.65 bits per heavy atom. The van der Waals surface area contributed by atoms with Crippen LogP contribution in [-0.2, 0) is 14.3 Å². The van der Waals surface area contributed by atoms with Gasteiger partial charge < -0.3 is 20.7 Å². The van der Waals surface area contributed by atoms with Crippen LogP contribution in [0.25, 0.3) is 0 Å². The first kappa shape index (κ1) is 18.8. The van der Waals surface area contributed by atoms with Crippen molar-refractivity contribution >= 4 is 23.2 Å². The van der Waals surface area contributed by atoms with E-state index in [1.807, 2.05) is 24.3 Å². The Hall–Kier alpha value is -1.96. The van der Waals surface area contributed by atoms with Crippen molar-refractivity contribution in [1.82, 2.24) is 4.90 Å². The van der Waals surface area contributed by atoms with Gasteiger partial charge in [0.15, 0.2) is 0 Å². The van der Waals surface area contributed by atoms with E-state index in [4.69, 9.17) is 10.5 Å². The van der Waals surface area contributed by atoms with Crippen molar-refractivity contribution in [2.45, 2.75) is 38.3 Å². The number of hydrogen-bond acceptors (Lipinski definition) is 5. The molecule has 1 atom stereocenters. The second-order valence-electron chi connectivity index (χ2n) is 6.80. The fraction of sp³-hybridized carbons (Fsp3) is 0.579. The highest BCUT2D eigenvalue weighted by Crippen LogP contribution is 2.26. The number of hydrogen-bond donors (Lipinski definition) is 2. The Kier molecular flexibility index (Phi) is 6.24. The third kappa shape index (κ3) is 4.06. The van der Waals surface area contributed by atoms with Crippen molar-refractivity contribution in [3.05, 3.63) is 24.3 Å². The molecule has 1 aliphatic heterocycles. The van der Waals surface area contributed by atoms with Crippen LogP contribution in [0.3, 0.4) is 0 Å². The van der Waals surface area contributed by atoms with Crippen LogP contribution in [0.5, 0.6) is 0 Å². The molecule has 0 aromatic heterocycles. The Morgan fingerprint density at radius 1 is 1.38 bits per heavy atom. The zero-order chi connectivity index (χ0) is 18.5. The Morgan fingerprint density at radius 2 is 2.12 bits per heavy atom. The first-order valence-corrected chi connectivity index (χ1v) is 9.39. The molecule has 1 heterocycles. The van der Waals surface area contributed by atoms with Crippen LogP contribution in [-0.4, -0.2) is 61.6 Å². The molecule has 26 heavy (non-hydrogen) atoms. The topological polar surface area (TPSA) is 87.9 Å². The van der Waals surface area contributed by atoms with E-state index in [9.17, 15) is 9.59 Å². The molecular weight excluding hydrogens is 332 g/mol. The number of carbonyl (C=O) groups excluding carboxylic acids is 2. The van der Waals surface area contributed by atoms with Gasteiger partial charge in [0, 0.05) is 30.5 Å². The number of rotatable bonds is 7. The average molecular weight is 360 g/mol. The second-order valence-corrected chi connectivity index (χ2v) is 6.80. The summed E-state index contributed by atoms with van der Waals surface area (Å²) in [5.74, 6) is -0.119. The Labute approximate surface area is 154 Å². The molecule has 3 N–H and O–H groups in total. The number of ether oxygens (including phenoxy) is 1. The summed E-state index contributed by atoms with van der Waals surface area (Å²) < 4.78 is 5.15. The smallest absolute Gasteiger partial charge is 0.253 e. The van der Waals surface area contributed by atoms with Crippen LogP contribution < -0.4 is 16.0 Å². The fourth-order valence-electron chi connectivity index (χ4n) is 3.59. The molecule has 142 valence electrons. The summed E-state index contributed by atoms with van der Waals surface area (Å²) in [6.45, 7) is 4.39. The number of carbonyl (C=O) groups is 2. The maximum atomic E-state index is 12.7. The summed E-state index contributed by atoms with van der Waals surface area (Å²) in [6, 6.07) is 7.49. The van der Waals surface area contributed by atoms with Gasteiger partial charge in [-0.25, -0.2) is 0 Å². The lowest BCUT2D eigenvalue weighted by Gasteiger charge is -2.40. The highest BCUT2D eigenvalue weighted by atomic mass is 16.5. The van der Waals surface area contributed by atoms with E-state index in [-0.39, 0.29) is 24.5 Å². The predicted molar refractivity (Wildman–Crippen MR) is 101 cm³/mol. The molecule has 1 saturated heterocycles. The van der Waals surface area contributed by atoms with Crippen LogP contribution in [0.4, 0.5) is 11.4 Å². The summed E-state index contributed by atoms with van der Waals surface area (Å²) in [5.41, 5.74) is 7.43. The molecule has 2 amide bonds. The number of nitrogens with zero attached hydrogens (tertiary/aromatic N) is 2. The molecule has 3 rings (SSSR count). The number of nitrogens with one attached hydrogen (secondary N) is 1. The van der Waals surface area contributed by atoms with E-state index in [0.717, 1.165) is 25.1 Å². The average Bonchev–Trinajstić information content (AvgIpc) is 2.61. The zero-order valence-corrected chi connectivity index (χ0v) is 15.3. The van der Waals surface area contributed by atoms with E-state index in [0.29, 0.717) is 31.4 Å². The number of benzene rings is 1. The Balaban J connectivity index is 1.63. The minimum absolute atomic E-state index is 0.0460. The standard InChI is InChI=1S/C19H28N4O3/c1-2-22(15-4-3-5-15)17(12-20)19(25)21-14-6-8-16(9-7-14)23-10-11-26-13-18(23)24/h6-9,15,17H,2-5,10-13,20H2,1H3,(H,21,25)/t17-/m0/s1. The lowest BCUT2D eigenvalue weighted by Crippen LogP contribution is -2.54. The molecule has 1 aliphatic carbocycles. The molecule has 7 nitrogen and oxygen atoms in total. The van der Waals surface area contributed by atoms with Crippen molar-refractivity contribution in [1.29, 1.82) is 0 Å². The summed E-state index contributed by atoms with van der Waals surface area (Å²) in [7, 11) is 0. The number of likely N-dealkylation sites (N-methyl/N-ethyl adjacent to an activating group) is 1. The van der Waals surface area contributed by atoms with Crippen molar-refractivity contribution in [2.24, 2.45) is 5.73 Å². The van der Waals surface area contributed by atoms with Crippen LogP contribution in [0.2, 0.25) is 0 Å². The molecule has 2 aliphatic rings. The molecular formula is C19H28N4O3. The van der Waals surface area contributed by atoms with Gasteiger partial charge in [0.1, 0.15) is 12.6 Å². The van der Waals surface area contributed by atoms with Gasteiger partial charge >= 0.3 is 0 Å². The summed E-state index contributed by atoms with van der Waals surface area (Å²) in [6.07, 6.45) is 3.50. The Bertz CT molecular complexity index is 630. The minimum Gasteiger partial charge on any atom is -0.370 e. The third-order valence-corrected chi connectivity index (χ3v) is 5.27. The molecule has 7 heteroatoms. The van der Waals surface area contributed by atoms with E-state index in [1.54, 1.807) is 4.90 Å². The van der Waals surface area contributed by atoms with Crippen molar-refractivity contribution in [2.75, 3.05) is 43.1 Å². The summed E-state index contributed by atoms with van der Waals surface area (Å²) >= 11 is 0. The van der Waals surface area contributed by atoms with Crippen molar-refractivity contribution in [3.63, 3.8) is 0 Å². The van der Waals surface area contributed by atoms with Gasteiger partial charge in [0.25, 0.3) is 5.91 Å². The zero-order valence-electron chi connectivity index (χ0n) is 15.3. The van der Waals surface area contributed by atoms with Crippen molar-refractivity contribution in [3.8, 4) is 0 Å². The van der Waals surface area contributed by atoms with Crippen LogP contribution in [0, 0.1) is 0 Å². The fourth-order valence-corrected chi connectivity index (χ4v) is 3.59. The second kappa shape index (κ2) is 8.62. The summed E-state index contributed by atoms with van der Waals surface area (Å²) in [4.78, 5) is 28.5. The third-order valence-electron chi connectivity index (χ3n) is 5.27. The minimum atomic E-state index is -0.314. The van der Waals surface area contributed by atoms with Gasteiger partial charge in [0.2, 0.25) is 5.91 Å².